The van der Waals surface area contributed by atoms with E-state index in [1.807, 2.05) is 6.07 Å². The Morgan fingerprint density at radius 3 is 2.42 bits per heavy atom. The lowest BCUT2D eigenvalue weighted by atomic mass is 9.80. The first-order valence-corrected chi connectivity index (χ1v) is 7.59. The first kappa shape index (κ1) is 14.9. The first-order chi connectivity index (χ1) is 8.91. The van der Waals surface area contributed by atoms with E-state index >= 15 is 0 Å². The van der Waals surface area contributed by atoms with E-state index in [1.165, 1.54) is 0 Å². The number of hydrogen-bond acceptors (Lipinski definition) is 2. The summed E-state index contributed by atoms with van der Waals surface area (Å²) < 4.78 is 15.2. The van der Waals surface area contributed by atoms with E-state index in [0.717, 1.165) is 36.2 Å². The molecule has 19 heavy (non-hydrogen) atoms. The predicted octanol–water partition coefficient (Wildman–Crippen LogP) is 3.58. The summed E-state index contributed by atoms with van der Waals surface area (Å²) in [4.78, 5) is 2.39. The summed E-state index contributed by atoms with van der Waals surface area (Å²) in [5.41, 5.74) is 0.777. The minimum atomic E-state index is -0.118. The zero-order chi connectivity index (χ0) is 14.0. The Hall–Kier alpha value is -0.450. The van der Waals surface area contributed by atoms with Crippen molar-refractivity contribution >= 4 is 15.9 Å². The lowest BCUT2D eigenvalue weighted by Gasteiger charge is -2.43. The quantitative estimate of drug-likeness (QED) is 0.892. The molecule has 1 N–H and O–H groups in total. The molecule has 1 aliphatic rings. The van der Waals surface area contributed by atoms with Crippen molar-refractivity contribution in [3.63, 3.8) is 0 Å². The topological polar surface area (TPSA) is 15.3 Å². The predicted molar refractivity (Wildman–Crippen MR) is 80.7 cm³/mol. The molecule has 1 heterocycles. The molecular formula is C15H22BrFN2. The van der Waals surface area contributed by atoms with Crippen LogP contribution >= 0.6 is 15.9 Å². The third kappa shape index (κ3) is 3.36. The lowest BCUT2D eigenvalue weighted by molar-refractivity contribution is 0.0829. The number of nitrogens with one attached hydrogen (secondary N) is 1. The summed E-state index contributed by atoms with van der Waals surface area (Å²) >= 11 is 3.52. The zero-order valence-corrected chi connectivity index (χ0v) is 13.4. The molecule has 1 atom stereocenters. The molecule has 2 rings (SSSR count). The maximum Gasteiger partial charge on any atom is 0.129 e. The highest BCUT2D eigenvalue weighted by atomic mass is 79.9. The smallest absolute Gasteiger partial charge is 0.129 e. The SMILES string of the molecule is CC(C)(C)[C@H](c1c(F)cccc1Br)N1CCNCC1. The van der Waals surface area contributed by atoms with E-state index in [9.17, 15) is 4.39 Å². The number of halogens is 2. The van der Waals surface area contributed by atoms with Gasteiger partial charge in [0.2, 0.25) is 0 Å². The molecule has 4 heteroatoms. The highest BCUT2D eigenvalue weighted by Crippen LogP contribution is 2.42. The fraction of sp³-hybridized carbons (Fsp3) is 0.600. The molecule has 0 saturated carbocycles. The van der Waals surface area contributed by atoms with Crippen LogP contribution in [0.4, 0.5) is 4.39 Å². The van der Waals surface area contributed by atoms with Gasteiger partial charge in [0, 0.05) is 42.3 Å². The Morgan fingerprint density at radius 1 is 1.26 bits per heavy atom. The fourth-order valence-corrected chi connectivity index (χ4v) is 3.43. The molecule has 0 aromatic heterocycles. The van der Waals surface area contributed by atoms with Gasteiger partial charge in [-0.15, -0.1) is 0 Å². The van der Waals surface area contributed by atoms with Gasteiger partial charge in [0.15, 0.2) is 0 Å². The van der Waals surface area contributed by atoms with Crippen LogP contribution in [0.2, 0.25) is 0 Å². The van der Waals surface area contributed by atoms with Crippen molar-refractivity contribution in [2.45, 2.75) is 26.8 Å². The van der Waals surface area contributed by atoms with Crippen molar-refractivity contribution in [1.82, 2.24) is 10.2 Å². The standard InChI is InChI=1S/C15H22BrFN2/c1-15(2,3)14(19-9-7-18-8-10-19)13-11(16)5-4-6-12(13)17/h4-6,14,18H,7-10H2,1-3H3/t14-/m0/s1. The van der Waals surface area contributed by atoms with Gasteiger partial charge in [0.05, 0.1) is 0 Å². The second-order valence-corrected chi connectivity index (χ2v) is 7.04. The highest BCUT2D eigenvalue weighted by Gasteiger charge is 2.35. The molecule has 0 amide bonds. The van der Waals surface area contributed by atoms with Crippen LogP contribution < -0.4 is 5.32 Å². The van der Waals surface area contributed by atoms with Gasteiger partial charge in [-0.05, 0) is 17.5 Å². The molecule has 0 spiro atoms. The summed E-state index contributed by atoms with van der Waals surface area (Å²) in [6.45, 7) is 10.4. The monoisotopic (exact) mass is 328 g/mol. The number of piperazine rings is 1. The van der Waals surface area contributed by atoms with Crippen molar-refractivity contribution < 1.29 is 4.39 Å². The Labute approximate surface area is 123 Å². The number of hydrogen-bond donors (Lipinski definition) is 1. The molecule has 106 valence electrons. The summed E-state index contributed by atoms with van der Waals surface area (Å²) in [6, 6.07) is 5.33. The molecule has 1 aromatic rings. The lowest BCUT2D eigenvalue weighted by Crippen LogP contribution is -2.48. The molecule has 2 nitrogen and oxygen atoms in total. The van der Waals surface area contributed by atoms with Gasteiger partial charge in [-0.1, -0.05) is 42.8 Å². The number of benzene rings is 1. The number of rotatable bonds is 2. The average molecular weight is 329 g/mol. The van der Waals surface area contributed by atoms with E-state index in [4.69, 9.17) is 0 Å². The summed E-state index contributed by atoms with van der Waals surface area (Å²) in [5.74, 6) is -0.118. The van der Waals surface area contributed by atoms with Crippen molar-refractivity contribution in [2.75, 3.05) is 26.2 Å². The van der Waals surface area contributed by atoms with Crippen molar-refractivity contribution in [3.05, 3.63) is 34.1 Å². The van der Waals surface area contributed by atoms with E-state index in [0.29, 0.717) is 0 Å². The van der Waals surface area contributed by atoms with Crippen LogP contribution in [0, 0.1) is 11.2 Å². The van der Waals surface area contributed by atoms with Crippen LogP contribution in [0.15, 0.2) is 22.7 Å². The van der Waals surface area contributed by atoms with Gasteiger partial charge in [-0.2, -0.15) is 0 Å². The number of nitrogens with zero attached hydrogens (tertiary/aromatic N) is 1. The van der Waals surface area contributed by atoms with Crippen LogP contribution in [0.3, 0.4) is 0 Å². The molecule has 0 radical (unpaired) electrons. The van der Waals surface area contributed by atoms with Gasteiger partial charge in [-0.3, -0.25) is 4.90 Å². The van der Waals surface area contributed by atoms with Crippen LogP contribution in [0.25, 0.3) is 0 Å². The summed E-state index contributed by atoms with van der Waals surface area (Å²) in [5, 5.41) is 3.35. The van der Waals surface area contributed by atoms with Crippen LogP contribution in [-0.2, 0) is 0 Å². The second kappa shape index (κ2) is 5.90. The van der Waals surface area contributed by atoms with Crippen LogP contribution in [0.5, 0.6) is 0 Å². The molecule has 0 aliphatic carbocycles. The van der Waals surface area contributed by atoms with E-state index < -0.39 is 0 Å². The van der Waals surface area contributed by atoms with E-state index in [1.54, 1.807) is 12.1 Å². The van der Waals surface area contributed by atoms with Gasteiger partial charge in [-0.25, -0.2) is 4.39 Å². The van der Waals surface area contributed by atoms with Crippen LogP contribution in [-0.4, -0.2) is 31.1 Å². The molecule has 1 aliphatic heterocycles. The van der Waals surface area contributed by atoms with E-state index in [2.05, 4.69) is 46.9 Å². The molecule has 0 bridgehead atoms. The minimum Gasteiger partial charge on any atom is -0.314 e. The Morgan fingerprint density at radius 2 is 1.89 bits per heavy atom. The largest absolute Gasteiger partial charge is 0.314 e. The van der Waals surface area contributed by atoms with Crippen molar-refractivity contribution in [2.24, 2.45) is 5.41 Å². The maximum absolute atomic E-state index is 14.3. The Kier molecular flexibility index (Phi) is 4.64. The van der Waals surface area contributed by atoms with Crippen molar-refractivity contribution in [1.29, 1.82) is 0 Å². The van der Waals surface area contributed by atoms with Gasteiger partial charge >= 0.3 is 0 Å². The molecule has 1 saturated heterocycles. The van der Waals surface area contributed by atoms with E-state index in [-0.39, 0.29) is 17.3 Å². The van der Waals surface area contributed by atoms with Crippen LogP contribution in [0.1, 0.15) is 32.4 Å². The van der Waals surface area contributed by atoms with Gasteiger partial charge in [0.25, 0.3) is 0 Å². The maximum atomic E-state index is 14.3. The molecule has 0 unspecified atom stereocenters. The summed E-state index contributed by atoms with van der Waals surface area (Å²) in [7, 11) is 0. The molecule has 1 aromatic carbocycles. The second-order valence-electron chi connectivity index (χ2n) is 6.19. The third-order valence-electron chi connectivity index (χ3n) is 3.61. The fourth-order valence-electron chi connectivity index (χ4n) is 2.88. The Bertz CT molecular complexity index is 416. The molecule has 1 fully saturated rings. The first-order valence-electron chi connectivity index (χ1n) is 6.80. The van der Waals surface area contributed by atoms with Gasteiger partial charge < -0.3 is 5.32 Å². The van der Waals surface area contributed by atoms with Gasteiger partial charge in [0.1, 0.15) is 5.82 Å². The summed E-state index contributed by atoms with van der Waals surface area (Å²) in [6.07, 6.45) is 0. The highest BCUT2D eigenvalue weighted by molar-refractivity contribution is 9.10. The van der Waals surface area contributed by atoms with Crippen molar-refractivity contribution in [3.8, 4) is 0 Å². The zero-order valence-electron chi connectivity index (χ0n) is 11.8. The normalized spacial score (nSPS) is 19.4. The Balaban J connectivity index is 2.43. The third-order valence-corrected chi connectivity index (χ3v) is 4.30. The minimum absolute atomic E-state index is 0.0119. The average Bonchev–Trinajstić information content (AvgIpc) is 2.33. The molecular weight excluding hydrogens is 307 g/mol.